The van der Waals surface area contributed by atoms with Gasteiger partial charge in [-0.05, 0) is 71.7 Å². The van der Waals surface area contributed by atoms with E-state index in [9.17, 15) is 18.0 Å². The molecule has 2 aromatic rings. The van der Waals surface area contributed by atoms with Crippen LogP contribution in [-0.4, -0.2) is 40.5 Å². The minimum Gasteiger partial charge on any atom is -0.493 e. The van der Waals surface area contributed by atoms with Crippen LogP contribution in [0.3, 0.4) is 0 Å². The number of nitrogens with zero attached hydrogens (tertiary/aromatic N) is 2. The average molecular weight is 571 g/mol. The number of hydrogen-bond acceptors (Lipinski definition) is 6. The predicted octanol–water partition coefficient (Wildman–Crippen LogP) is 8.79. The first-order valence-electron chi connectivity index (χ1n) is 13.6. The number of benzene rings is 1. The molecule has 0 N–H and O–H groups in total. The van der Waals surface area contributed by atoms with Crippen molar-refractivity contribution in [2.45, 2.75) is 110 Å². The summed E-state index contributed by atoms with van der Waals surface area (Å²) < 4.78 is 59.0. The summed E-state index contributed by atoms with van der Waals surface area (Å²) in [5.41, 5.74) is -3.06. The molecule has 0 radical (unpaired) electrons. The summed E-state index contributed by atoms with van der Waals surface area (Å²) in [6, 6.07) is 4.11. The third-order valence-electron chi connectivity index (χ3n) is 6.61. The number of carbonyl (C=O) groups is 1. The smallest absolute Gasteiger partial charge is 0.419 e. The summed E-state index contributed by atoms with van der Waals surface area (Å²) in [5, 5.41) is 0.547. The topological polar surface area (TPSA) is 60.9 Å². The first kappa shape index (κ1) is 31.2. The van der Waals surface area contributed by atoms with Gasteiger partial charge in [0.15, 0.2) is 0 Å². The van der Waals surface area contributed by atoms with Crippen molar-refractivity contribution in [2.24, 2.45) is 0 Å². The van der Waals surface area contributed by atoms with Crippen molar-refractivity contribution in [1.82, 2.24) is 9.88 Å². The molecular formula is C29H41F3N2O4S. The van der Waals surface area contributed by atoms with E-state index in [1.165, 1.54) is 34.9 Å². The van der Waals surface area contributed by atoms with Crippen LogP contribution >= 0.6 is 11.3 Å². The van der Waals surface area contributed by atoms with Crippen molar-refractivity contribution in [3.8, 4) is 16.2 Å². The van der Waals surface area contributed by atoms with Gasteiger partial charge in [0.05, 0.1) is 23.7 Å². The van der Waals surface area contributed by atoms with E-state index in [1.807, 2.05) is 6.92 Å². The second-order valence-electron chi connectivity index (χ2n) is 11.7. The van der Waals surface area contributed by atoms with Gasteiger partial charge in [0.2, 0.25) is 0 Å². The molecule has 39 heavy (non-hydrogen) atoms. The summed E-state index contributed by atoms with van der Waals surface area (Å²) in [5.74, 6) is -0.168. The Kier molecular flexibility index (Phi) is 9.63. The zero-order valence-corrected chi connectivity index (χ0v) is 24.9. The van der Waals surface area contributed by atoms with Gasteiger partial charge in [-0.2, -0.15) is 13.2 Å². The molecule has 218 valence electrons. The summed E-state index contributed by atoms with van der Waals surface area (Å²) in [6.45, 7) is 13.3. The molecule has 1 saturated heterocycles. The molecule has 0 saturated carbocycles. The Morgan fingerprint density at radius 2 is 1.77 bits per heavy atom. The number of amides is 1. The average Bonchev–Trinajstić information content (AvgIpc) is 3.40. The van der Waals surface area contributed by atoms with Crippen LogP contribution in [0.25, 0.3) is 10.4 Å². The Labute approximate surface area is 233 Å². The highest BCUT2D eigenvalue weighted by molar-refractivity contribution is 7.15. The Morgan fingerprint density at radius 3 is 2.41 bits per heavy atom. The van der Waals surface area contributed by atoms with Crippen molar-refractivity contribution in [3.05, 3.63) is 35.0 Å². The molecule has 1 fully saturated rings. The lowest BCUT2D eigenvalue weighted by atomic mass is 10.0. The van der Waals surface area contributed by atoms with E-state index in [-0.39, 0.29) is 19.0 Å². The highest BCUT2D eigenvalue weighted by atomic mass is 32.1. The highest BCUT2D eigenvalue weighted by Gasteiger charge is 2.55. The first-order valence-corrected chi connectivity index (χ1v) is 14.4. The van der Waals surface area contributed by atoms with Gasteiger partial charge < -0.3 is 14.2 Å². The quantitative estimate of drug-likeness (QED) is 0.267. The normalized spacial score (nSPS) is 19.4. The SMILES string of the molecule is CCCCCCCCOc1ccc(-c2cnc([C@@]3(C)COC(C)(C)N3C(=O)OC(C)(C)C)s2)cc1C(F)(F)F. The minimum atomic E-state index is -4.57. The molecule has 2 heterocycles. The molecule has 6 nitrogen and oxygen atoms in total. The van der Waals surface area contributed by atoms with E-state index in [4.69, 9.17) is 14.2 Å². The lowest BCUT2D eigenvalue weighted by Crippen LogP contribution is -2.53. The fraction of sp³-hybridized carbons (Fsp3) is 0.655. The molecule has 0 spiro atoms. The maximum atomic E-state index is 14.0. The number of aromatic nitrogens is 1. The zero-order valence-electron chi connectivity index (χ0n) is 24.0. The summed E-state index contributed by atoms with van der Waals surface area (Å²) in [6.07, 6.45) is 2.58. The van der Waals surface area contributed by atoms with Crippen LogP contribution in [0.2, 0.25) is 0 Å². The Bertz CT molecular complexity index is 1130. The number of alkyl halides is 3. The van der Waals surface area contributed by atoms with E-state index in [0.717, 1.165) is 31.7 Å². The highest BCUT2D eigenvalue weighted by Crippen LogP contribution is 2.46. The monoisotopic (exact) mass is 570 g/mol. The van der Waals surface area contributed by atoms with Gasteiger partial charge in [0.25, 0.3) is 0 Å². The number of hydrogen-bond donors (Lipinski definition) is 0. The number of unbranched alkanes of at least 4 members (excludes halogenated alkanes) is 5. The van der Waals surface area contributed by atoms with Crippen LogP contribution in [0, 0.1) is 0 Å². The minimum absolute atomic E-state index is 0.168. The summed E-state index contributed by atoms with van der Waals surface area (Å²) in [7, 11) is 0. The third-order valence-corrected chi connectivity index (χ3v) is 7.91. The van der Waals surface area contributed by atoms with Crippen molar-refractivity contribution >= 4 is 17.4 Å². The largest absolute Gasteiger partial charge is 0.493 e. The third kappa shape index (κ3) is 7.66. The van der Waals surface area contributed by atoms with Gasteiger partial charge >= 0.3 is 12.3 Å². The van der Waals surface area contributed by atoms with Crippen LogP contribution in [-0.2, 0) is 21.2 Å². The molecule has 0 unspecified atom stereocenters. The molecule has 1 amide bonds. The molecule has 0 aliphatic carbocycles. The van der Waals surface area contributed by atoms with Gasteiger partial charge in [-0.25, -0.2) is 9.78 Å². The summed E-state index contributed by atoms with van der Waals surface area (Å²) >= 11 is 1.23. The number of rotatable bonds is 10. The maximum Gasteiger partial charge on any atom is 0.419 e. The fourth-order valence-electron chi connectivity index (χ4n) is 4.68. The molecule has 1 aromatic heterocycles. The second-order valence-corrected chi connectivity index (χ2v) is 12.7. The van der Waals surface area contributed by atoms with Gasteiger partial charge in [0.1, 0.15) is 27.6 Å². The molecule has 1 atom stereocenters. The van der Waals surface area contributed by atoms with E-state index in [1.54, 1.807) is 40.7 Å². The van der Waals surface area contributed by atoms with Crippen LogP contribution in [0.1, 0.15) is 97.6 Å². The Hall–Kier alpha value is -2.33. The van der Waals surface area contributed by atoms with Gasteiger partial charge in [-0.15, -0.1) is 11.3 Å². The van der Waals surface area contributed by atoms with Crippen LogP contribution in [0.15, 0.2) is 24.4 Å². The zero-order chi connectivity index (χ0) is 29.1. The standard InChI is InChI=1S/C29H41F3N2O4S/c1-8-9-10-11-12-13-16-36-22-15-14-20(17-21(22)29(30,31)32)23-18-33-24(39-23)28(7)19-37-27(5,6)34(28)25(35)38-26(2,3)4/h14-15,17-18H,8-13,16,19H2,1-7H3/t28-/m1/s1. The number of ether oxygens (including phenoxy) is 3. The van der Waals surface area contributed by atoms with E-state index >= 15 is 0 Å². The maximum absolute atomic E-state index is 14.0. The molecule has 1 aromatic carbocycles. The number of halogens is 3. The van der Waals surface area contributed by atoms with Crippen molar-refractivity contribution in [1.29, 1.82) is 0 Å². The number of carbonyl (C=O) groups excluding carboxylic acids is 1. The molecule has 3 rings (SSSR count). The molecule has 0 bridgehead atoms. The van der Waals surface area contributed by atoms with Gasteiger partial charge in [-0.1, -0.05) is 39.0 Å². The molecule has 10 heteroatoms. The lowest BCUT2D eigenvalue weighted by molar-refractivity contribution is -0.138. The van der Waals surface area contributed by atoms with Crippen molar-refractivity contribution in [3.63, 3.8) is 0 Å². The van der Waals surface area contributed by atoms with E-state index in [0.29, 0.717) is 21.9 Å². The Balaban J connectivity index is 1.83. The van der Waals surface area contributed by atoms with Crippen molar-refractivity contribution in [2.75, 3.05) is 13.2 Å². The van der Waals surface area contributed by atoms with Crippen LogP contribution in [0.5, 0.6) is 5.75 Å². The molecular weight excluding hydrogens is 529 g/mol. The van der Waals surface area contributed by atoms with Crippen molar-refractivity contribution < 1.29 is 32.2 Å². The number of thiazole rings is 1. The van der Waals surface area contributed by atoms with Crippen LogP contribution < -0.4 is 4.74 Å². The van der Waals surface area contributed by atoms with E-state index < -0.39 is 34.7 Å². The van der Waals surface area contributed by atoms with Crippen LogP contribution in [0.4, 0.5) is 18.0 Å². The van der Waals surface area contributed by atoms with E-state index in [2.05, 4.69) is 11.9 Å². The first-order chi connectivity index (χ1) is 18.1. The Morgan fingerprint density at radius 1 is 1.10 bits per heavy atom. The van der Waals surface area contributed by atoms with Gasteiger partial charge in [0, 0.05) is 6.20 Å². The predicted molar refractivity (Wildman–Crippen MR) is 147 cm³/mol. The van der Waals surface area contributed by atoms with Gasteiger partial charge in [-0.3, -0.25) is 4.90 Å². The molecule has 1 aliphatic heterocycles. The second kappa shape index (κ2) is 12.0. The summed E-state index contributed by atoms with van der Waals surface area (Å²) in [4.78, 5) is 19.8. The molecule has 1 aliphatic rings. The fourth-order valence-corrected chi connectivity index (χ4v) is 5.71. The lowest BCUT2D eigenvalue weighted by Gasteiger charge is -2.39.